The third-order valence-corrected chi connectivity index (χ3v) is 2.28. The predicted molar refractivity (Wildman–Crippen MR) is 57.1 cm³/mol. The second-order valence-corrected chi connectivity index (χ2v) is 3.24. The molecule has 15 heavy (non-hydrogen) atoms. The van der Waals surface area contributed by atoms with Crippen molar-refractivity contribution in [2.24, 2.45) is 0 Å². The van der Waals surface area contributed by atoms with Crippen molar-refractivity contribution in [1.82, 2.24) is 0 Å². The average Bonchev–Trinajstić information content (AvgIpc) is 2.26. The van der Waals surface area contributed by atoms with E-state index >= 15 is 0 Å². The summed E-state index contributed by atoms with van der Waals surface area (Å²) in [6, 6.07) is 5.55. The van der Waals surface area contributed by atoms with E-state index in [0.717, 1.165) is 12.0 Å². The summed E-state index contributed by atoms with van der Waals surface area (Å²) in [5.74, 6) is 0.363. The first-order valence-corrected chi connectivity index (χ1v) is 4.76. The van der Waals surface area contributed by atoms with Gasteiger partial charge in [-0.05, 0) is 31.0 Å². The van der Waals surface area contributed by atoms with E-state index in [4.69, 9.17) is 10.00 Å². The summed E-state index contributed by atoms with van der Waals surface area (Å²) < 4.78 is 5.09. The van der Waals surface area contributed by atoms with Gasteiger partial charge in [0.25, 0.3) is 0 Å². The molecule has 3 nitrogen and oxygen atoms in total. The zero-order valence-corrected chi connectivity index (χ0v) is 9.13. The third-order valence-electron chi connectivity index (χ3n) is 2.28. The largest absolute Gasteiger partial charge is 0.495 e. The minimum absolute atomic E-state index is 0.111. The van der Waals surface area contributed by atoms with E-state index in [1.54, 1.807) is 12.1 Å². The van der Waals surface area contributed by atoms with E-state index in [2.05, 4.69) is 0 Å². The smallest absolute Gasteiger partial charge is 0.161 e. The van der Waals surface area contributed by atoms with E-state index in [0.29, 0.717) is 16.9 Å². The molecule has 0 radical (unpaired) electrons. The SMILES string of the molecule is CCc1cc(OC)c(C#N)c(C(C)=O)c1. The Morgan fingerprint density at radius 3 is 2.60 bits per heavy atom. The molecule has 0 heterocycles. The average molecular weight is 203 g/mol. The summed E-state index contributed by atoms with van der Waals surface area (Å²) in [6.45, 7) is 3.44. The van der Waals surface area contributed by atoms with Gasteiger partial charge in [-0.2, -0.15) is 5.26 Å². The predicted octanol–water partition coefficient (Wildman–Crippen LogP) is 2.33. The molecule has 0 aliphatic heterocycles. The fourth-order valence-corrected chi connectivity index (χ4v) is 1.43. The Hall–Kier alpha value is -1.82. The first-order valence-electron chi connectivity index (χ1n) is 4.76. The lowest BCUT2D eigenvalue weighted by Crippen LogP contribution is -2.01. The fraction of sp³-hybridized carbons (Fsp3) is 0.333. The van der Waals surface area contributed by atoms with Gasteiger partial charge in [0.15, 0.2) is 5.78 Å². The van der Waals surface area contributed by atoms with Crippen LogP contribution in [0.1, 0.15) is 35.3 Å². The Morgan fingerprint density at radius 2 is 2.20 bits per heavy atom. The maximum Gasteiger partial charge on any atom is 0.161 e. The van der Waals surface area contributed by atoms with Crippen LogP contribution in [0.3, 0.4) is 0 Å². The van der Waals surface area contributed by atoms with Gasteiger partial charge in [0.05, 0.1) is 7.11 Å². The molecule has 1 aromatic carbocycles. The van der Waals surface area contributed by atoms with Gasteiger partial charge in [0, 0.05) is 5.56 Å². The molecule has 0 fully saturated rings. The molecule has 0 atom stereocenters. The van der Waals surface area contributed by atoms with Gasteiger partial charge >= 0.3 is 0 Å². The molecule has 0 spiro atoms. The highest BCUT2D eigenvalue weighted by molar-refractivity contribution is 5.97. The van der Waals surface area contributed by atoms with E-state index in [1.165, 1.54) is 14.0 Å². The second-order valence-electron chi connectivity index (χ2n) is 3.24. The summed E-state index contributed by atoms with van der Waals surface area (Å²) in [5.41, 5.74) is 1.76. The molecule has 0 unspecified atom stereocenters. The fourth-order valence-electron chi connectivity index (χ4n) is 1.43. The van der Waals surface area contributed by atoms with Crippen molar-refractivity contribution in [3.05, 3.63) is 28.8 Å². The number of hydrogen-bond acceptors (Lipinski definition) is 3. The first kappa shape index (κ1) is 11.3. The van der Waals surface area contributed by atoms with Gasteiger partial charge in [-0.25, -0.2) is 0 Å². The van der Waals surface area contributed by atoms with Crippen LogP contribution >= 0.6 is 0 Å². The lowest BCUT2D eigenvalue weighted by Gasteiger charge is -2.08. The number of benzene rings is 1. The van der Waals surface area contributed by atoms with Crippen molar-refractivity contribution in [2.75, 3.05) is 7.11 Å². The molecule has 0 aromatic heterocycles. The number of carbonyl (C=O) groups excluding carboxylic acids is 1. The second kappa shape index (κ2) is 4.61. The Labute approximate surface area is 89.3 Å². The van der Waals surface area contributed by atoms with Gasteiger partial charge in [-0.3, -0.25) is 4.79 Å². The number of ketones is 1. The van der Waals surface area contributed by atoms with E-state index in [9.17, 15) is 4.79 Å². The number of rotatable bonds is 3. The highest BCUT2D eigenvalue weighted by Gasteiger charge is 2.13. The molecule has 3 heteroatoms. The quantitative estimate of drug-likeness (QED) is 0.708. The number of hydrogen-bond donors (Lipinski definition) is 0. The number of ether oxygens (including phenoxy) is 1. The number of nitrogens with zero attached hydrogens (tertiary/aromatic N) is 1. The molecule has 1 aromatic rings. The number of nitriles is 1. The van der Waals surface area contributed by atoms with Crippen LogP contribution < -0.4 is 4.74 Å². The van der Waals surface area contributed by atoms with Crippen LogP contribution in [0.15, 0.2) is 12.1 Å². The molecular formula is C12H13NO2. The van der Waals surface area contributed by atoms with E-state index in [-0.39, 0.29) is 5.78 Å². The standard InChI is InChI=1S/C12H13NO2/c1-4-9-5-10(8(2)14)11(7-13)12(6-9)15-3/h5-6H,4H2,1-3H3. The summed E-state index contributed by atoms with van der Waals surface area (Å²) >= 11 is 0. The van der Waals surface area contributed by atoms with Crippen LogP contribution in [0.25, 0.3) is 0 Å². The maximum atomic E-state index is 11.4. The van der Waals surface area contributed by atoms with Crippen LogP contribution in [0.2, 0.25) is 0 Å². The van der Waals surface area contributed by atoms with Gasteiger partial charge in [0.1, 0.15) is 17.4 Å². The van der Waals surface area contributed by atoms with E-state index < -0.39 is 0 Å². The molecule has 0 N–H and O–H groups in total. The number of carbonyl (C=O) groups is 1. The lowest BCUT2D eigenvalue weighted by molar-refractivity contribution is 0.101. The van der Waals surface area contributed by atoms with Crippen LogP contribution in [0, 0.1) is 11.3 Å². The molecule has 0 saturated heterocycles. The number of methoxy groups -OCH3 is 1. The van der Waals surface area contributed by atoms with E-state index in [1.807, 2.05) is 13.0 Å². The third kappa shape index (κ3) is 2.16. The van der Waals surface area contributed by atoms with Gasteiger partial charge in [-0.15, -0.1) is 0 Å². The Kier molecular flexibility index (Phi) is 3.46. The number of aryl methyl sites for hydroxylation is 1. The molecule has 78 valence electrons. The molecule has 0 amide bonds. The van der Waals surface area contributed by atoms with Crippen molar-refractivity contribution < 1.29 is 9.53 Å². The Bertz CT molecular complexity index is 430. The molecule has 0 aliphatic rings. The van der Waals surface area contributed by atoms with Crippen molar-refractivity contribution in [1.29, 1.82) is 5.26 Å². The van der Waals surface area contributed by atoms with Crippen molar-refractivity contribution in [3.63, 3.8) is 0 Å². The molecule has 1 rings (SSSR count). The summed E-state index contributed by atoms with van der Waals surface area (Å²) in [5, 5.41) is 8.96. The summed E-state index contributed by atoms with van der Waals surface area (Å²) in [4.78, 5) is 11.4. The zero-order chi connectivity index (χ0) is 11.4. The highest BCUT2D eigenvalue weighted by Crippen LogP contribution is 2.24. The first-order chi connectivity index (χ1) is 7.13. The minimum atomic E-state index is -0.111. The molecule has 0 saturated carbocycles. The molecule has 0 aliphatic carbocycles. The van der Waals surface area contributed by atoms with Gasteiger partial charge in [0.2, 0.25) is 0 Å². The van der Waals surface area contributed by atoms with Crippen molar-refractivity contribution in [3.8, 4) is 11.8 Å². The molecular weight excluding hydrogens is 190 g/mol. The van der Waals surface area contributed by atoms with Crippen molar-refractivity contribution in [2.45, 2.75) is 20.3 Å². The summed E-state index contributed by atoms with van der Waals surface area (Å²) in [6.07, 6.45) is 0.808. The summed E-state index contributed by atoms with van der Waals surface area (Å²) in [7, 11) is 1.50. The van der Waals surface area contributed by atoms with Crippen LogP contribution in [-0.2, 0) is 6.42 Å². The maximum absolute atomic E-state index is 11.4. The zero-order valence-electron chi connectivity index (χ0n) is 9.13. The Morgan fingerprint density at radius 1 is 1.53 bits per heavy atom. The van der Waals surface area contributed by atoms with Crippen LogP contribution in [0.4, 0.5) is 0 Å². The number of Topliss-reactive ketones (excluding diaryl/α,β-unsaturated/α-hetero) is 1. The normalized spacial score (nSPS) is 9.47. The topological polar surface area (TPSA) is 50.1 Å². The van der Waals surface area contributed by atoms with Crippen LogP contribution in [-0.4, -0.2) is 12.9 Å². The van der Waals surface area contributed by atoms with Crippen LogP contribution in [0.5, 0.6) is 5.75 Å². The Balaban J connectivity index is 3.48. The van der Waals surface area contributed by atoms with Gasteiger partial charge < -0.3 is 4.74 Å². The highest BCUT2D eigenvalue weighted by atomic mass is 16.5. The minimum Gasteiger partial charge on any atom is -0.495 e. The monoisotopic (exact) mass is 203 g/mol. The van der Waals surface area contributed by atoms with Crippen molar-refractivity contribution >= 4 is 5.78 Å². The lowest BCUT2D eigenvalue weighted by atomic mass is 9.99. The van der Waals surface area contributed by atoms with Gasteiger partial charge in [-0.1, -0.05) is 6.92 Å². The molecule has 0 bridgehead atoms.